The molecular weight excluding hydrogens is 204 g/mol. The van der Waals surface area contributed by atoms with Gasteiger partial charge in [0.25, 0.3) is 0 Å². The topological polar surface area (TPSA) is 61.3 Å². The predicted octanol–water partition coefficient (Wildman–Crippen LogP) is 1.12. The summed E-state index contributed by atoms with van der Waals surface area (Å²) in [5.74, 6) is 1.70. The summed E-state index contributed by atoms with van der Waals surface area (Å²) < 4.78 is 0. The molecule has 90 valence electrons. The van der Waals surface area contributed by atoms with E-state index in [-0.39, 0.29) is 6.10 Å². The summed E-state index contributed by atoms with van der Waals surface area (Å²) in [5, 5.41) is 12.4. The van der Waals surface area contributed by atoms with Crippen LogP contribution in [-0.2, 0) is 0 Å². The highest BCUT2D eigenvalue weighted by atomic mass is 16.3. The molecule has 1 heterocycles. The van der Waals surface area contributed by atoms with Crippen LogP contribution in [0.4, 0.5) is 11.6 Å². The van der Waals surface area contributed by atoms with Crippen LogP contribution in [0.3, 0.4) is 0 Å². The number of hydrogen-bond acceptors (Lipinski definition) is 5. The summed E-state index contributed by atoms with van der Waals surface area (Å²) in [6.07, 6.45) is 2.00. The van der Waals surface area contributed by atoms with Crippen LogP contribution in [0, 0.1) is 0 Å². The van der Waals surface area contributed by atoms with E-state index >= 15 is 0 Å². The summed E-state index contributed by atoms with van der Waals surface area (Å²) in [6, 6.07) is 1.91. The van der Waals surface area contributed by atoms with Gasteiger partial charge in [-0.1, -0.05) is 0 Å². The Morgan fingerprint density at radius 3 is 2.88 bits per heavy atom. The number of nitrogens with zero attached hydrogens (tertiary/aromatic N) is 3. The van der Waals surface area contributed by atoms with E-state index in [4.69, 9.17) is 0 Å². The Labute approximate surface area is 96.5 Å². The molecule has 0 radical (unpaired) electrons. The molecule has 0 aliphatic heterocycles. The minimum atomic E-state index is -0.280. The summed E-state index contributed by atoms with van der Waals surface area (Å²) >= 11 is 0. The molecule has 16 heavy (non-hydrogen) atoms. The Balaban J connectivity index is 2.60. The highest BCUT2D eigenvalue weighted by molar-refractivity contribution is 5.47. The van der Waals surface area contributed by atoms with Gasteiger partial charge in [-0.25, -0.2) is 9.97 Å². The predicted molar refractivity (Wildman–Crippen MR) is 65.8 cm³/mol. The van der Waals surface area contributed by atoms with Gasteiger partial charge in [0.05, 0.1) is 6.10 Å². The molecule has 0 saturated heterocycles. The zero-order valence-corrected chi connectivity index (χ0v) is 10.1. The summed E-state index contributed by atoms with van der Waals surface area (Å²) in [5.41, 5.74) is 0. The molecule has 0 amide bonds. The lowest BCUT2D eigenvalue weighted by atomic mass is 10.3. The Hall–Kier alpha value is -1.36. The third-order valence-electron chi connectivity index (χ3n) is 2.28. The van der Waals surface area contributed by atoms with Crippen LogP contribution in [-0.4, -0.2) is 41.3 Å². The molecule has 0 bridgehead atoms. The maximum absolute atomic E-state index is 9.22. The molecule has 1 rings (SSSR count). The van der Waals surface area contributed by atoms with Crippen molar-refractivity contribution in [1.29, 1.82) is 0 Å². The average Bonchev–Trinajstić information content (AvgIpc) is 2.26. The summed E-state index contributed by atoms with van der Waals surface area (Å²) in [6.45, 7) is 5.44. The molecule has 1 aromatic heterocycles. The lowest BCUT2D eigenvalue weighted by molar-refractivity contribution is 0.187. The lowest BCUT2D eigenvalue weighted by Gasteiger charge is -2.19. The van der Waals surface area contributed by atoms with E-state index in [9.17, 15) is 5.11 Å². The van der Waals surface area contributed by atoms with Gasteiger partial charge in [0.2, 0.25) is 0 Å². The van der Waals surface area contributed by atoms with Crippen LogP contribution >= 0.6 is 0 Å². The number of rotatable bonds is 6. The second kappa shape index (κ2) is 6.27. The van der Waals surface area contributed by atoms with Gasteiger partial charge in [0, 0.05) is 26.2 Å². The summed E-state index contributed by atoms with van der Waals surface area (Å²) in [4.78, 5) is 10.3. The van der Waals surface area contributed by atoms with Gasteiger partial charge in [0.15, 0.2) is 0 Å². The Kier molecular flexibility index (Phi) is 4.98. The highest BCUT2D eigenvalue weighted by Gasteiger charge is 2.05. The molecule has 0 saturated carbocycles. The van der Waals surface area contributed by atoms with Gasteiger partial charge in [-0.05, 0) is 20.3 Å². The number of anilines is 2. The molecule has 0 spiro atoms. The standard InChI is InChI=1S/C11H20N4O/c1-4-12-10-7-11(14-8-13-10)15(3)6-5-9(2)16/h7-9,16H,4-6H2,1-3H3,(H,12,13,14). The second-order valence-corrected chi connectivity index (χ2v) is 3.85. The summed E-state index contributed by atoms with van der Waals surface area (Å²) in [7, 11) is 1.96. The number of hydrogen-bond donors (Lipinski definition) is 2. The SMILES string of the molecule is CCNc1cc(N(C)CCC(C)O)ncn1. The smallest absolute Gasteiger partial charge is 0.133 e. The maximum Gasteiger partial charge on any atom is 0.133 e. The van der Waals surface area contributed by atoms with Gasteiger partial charge < -0.3 is 15.3 Å². The third-order valence-corrected chi connectivity index (χ3v) is 2.28. The molecule has 5 nitrogen and oxygen atoms in total. The normalized spacial score (nSPS) is 12.2. The zero-order chi connectivity index (χ0) is 12.0. The van der Waals surface area contributed by atoms with E-state index in [0.29, 0.717) is 0 Å². The fourth-order valence-electron chi connectivity index (χ4n) is 1.33. The third kappa shape index (κ3) is 4.02. The Bertz CT molecular complexity index is 317. The van der Waals surface area contributed by atoms with Crippen molar-refractivity contribution in [3.8, 4) is 0 Å². The average molecular weight is 224 g/mol. The van der Waals surface area contributed by atoms with E-state index < -0.39 is 0 Å². The maximum atomic E-state index is 9.22. The monoisotopic (exact) mass is 224 g/mol. The largest absolute Gasteiger partial charge is 0.393 e. The molecule has 5 heteroatoms. The van der Waals surface area contributed by atoms with Crippen molar-refractivity contribution in [3.63, 3.8) is 0 Å². The van der Waals surface area contributed by atoms with Crippen LogP contribution in [0.25, 0.3) is 0 Å². The van der Waals surface area contributed by atoms with Crippen molar-refractivity contribution in [3.05, 3.63) is 12.4 Å². The van der Waals surface area contributed by atoms with E-state index in [1.807, 2.05) is 24.9 Å². The Morgan fingerprint density at radius 1 is 1.50 bits per heavy atom. The minimum Gasteiger partial charge on any atom is -0.393 e. The van der Waals surface area contributed by atoms with Crippen LogP contribution in [0.5, 0.6) is 0 Å². The molecule has 0 fully saturated rings. The van der Waals surface area contributed by atoms with Crippen LogP contribution < -0.4 is 10.2 Å². The molecule has 0 aliphatic carbocycles. The van der Waals surface area contributed by atoms with Crippen LogP contribution in [0.1, 0.15) is 20.3 Å². The van der Waals surface area contributed by atoms with E-state index in [0.717, 1.165) is 31.1 Å². The van der Waals surface area contributed by atoms with Crippen LogP contribution in [0.15, 0.2) is 12.4 Å². The highest BCUT2D eigenvalue weighted by Crippen LogP contribution is 2.12. The van der Waals surface area contributed by atoms with E-state index in [1.165, 1.54) is 0 Å². The first-order chi connectivity index (χ1) is 7.63. The first-order valence-corrected chi connectivity index (χ1v) is 5.58. The van der Waals surface area contributed by atoms with Crippen molar-refractivity contribution < 1.29 is 5.11 Å². The molecule has 1 aromatic rings. The number of aliphatic hydroxyl groups is 1. The minimum absolute atomic E-state index is 0.280. The van der Waals surface area contributed by atoms with Crippen molar-refractivity contribution in [1.82, 2.24) is 9.97 Å². The second-order valence-electron chi connectivity index (χ2n) is 3.85. The number of nitrogens with one attached hydrogen (secondary N) is 1. The van der Waals surface area contributed by atoms with Gasteiger partial charge in [-0.15, -0.1) is 0 Å². The first-order valence-electron chi connectivity index (χ1n) is 5.58. The molecule has 0 aliphatic rings. The zero-order valence-electron chi connectivity index (χ0n) is 10.1. The van der Waals surface area contributed by atoms with Crippen molar-refractivity contribution in [2.45, 2.75) is 26.4 Å². The Morgan fingerprint density at radius 2 is 2.25 bits per heavy atom. The van der Waals surface area contributed by atoms with Crippen LogP contribution in [0.2, 0.25) is 0 Å². The molecular formula is C11H20N4O. The number of aliphatic hydroxyl groups excluding tert-OH is 1. The fourth-order valence-corrected chi connectivity index (χ4v) is 1.33. The number of aromatic nitrogens is 2. The van der Waals surface area contributed by atoms with Gasteiger partial charge in [-0.2, -0.15) is 0 Å². The van der Waals surface area contributed by atoms with Crippen molar-refractivity contribution >= 4 is 11.6 Å². The van der Waals surface area contributed by atoms with Gasteiger partial charge in [0.1, 0.15) is 18.0 Å². The molecule has 2 N–H and O–H groups in total. The molecule has 1 atom stereocenters. The quantitative estimate of drug-likeness (QED) is 0.758. The fraction of sp³-hybridized carbons (Fsp3) is 0.636. The van der Waals surface area contributed by atoms with Gasteiger partial charge in [-0.3, -0.25) is 0 Å². The molecule has 0 aromatic carbocycles. The van der Waals surface area contributed by atoms with Crippen molar-refractivity contribution in [2.75, 3.05) is 30.4 Å². The van der Waals surface area contributed by atoms with E-state index in [1.54, 1.807) is 13.3 Å². The molecule has 1 unspecified atom stereocenters. The van der Waals surface area contributed by atoms with E-state index in [2.05, 4.69) is 15.3 Å². The van der Waals surface area contributed by atoms with Crippen molar-refractivity contribution in [2.24, 2.45) is 0 Å². The first kappa shape index (κ1) is 12.7. The van der Waals surface area contributed by atoms with Gasteiger partial charge >= 0.3 is 0 Å². The lowest BCUT2D eigenvalue weighted by Crippen LogP contribution is -2.23.